The Morgan fingerprint density at radius 2 is 1.49 bits per heavy atom. The zero-order valence-electron chi connectivity index (χ0n) is 23.8. The molecular formula is C34H31N3O5S. The first-order valence-electron chi connectivity index (χ1n) is 13.6. The number of anilines is 2. The highest BCUT2D eigenvalue weighted by molar-refractivity contribution is 8.00. The summed E-state index contributed by atoms with van der Waals surface area (Å²) in [5.74, 6) is -1.41. The fourth-order valence-electron chi connectivity index (χ4n) is 3.96. The minimum Gasteiger partial charge on any atom is -0.462 e. The first kappa shape index (κ1) is 30.8. The van der Waals surface area contributed by atoms with E-state index >= 15 is 0 Å². The fourth-order valence-corrected chi connectivity index (χ4v) is 4.71. The lowest BCUT2D eigenvalue weighted by molar-refractivity contribution is -0.114. The topological polar surface area (TPSA) is 114 Å². The molecule has 218 valence electrons. The van der Waals surface area contributed by atoms with E-state index in [1.165, 1.54) is 11.8 Å². The van der Waals surface area contributed by atoms with E-state index in [4.69, 9.17) is 4.74 Å². The van der Waals surface area contributed by atoms with Crippen molar-refractivity contribution in [2.75, 3.05) is 23.0 Å². The summed E-state index contributed by atoms with van der Waals surface area (Å²) in [6.07, 6.45) is 1.65. The number of ether oxygens (including phenoxy) is 1. The summed E-state index contributed by atoms with van der Waals surface area (Å²) in [5.41, 5.74) is 3.75. The molecule has 0 saturated carbocycles. The standard InChI is InChI=1S/C34H31N3O5S/c1-3-42-34(41)25-16-18-27(19-17-25)35-31(38)22-43-29-15-9-14-28(21-29)36-33(40)30(20-26-13-8-7-10-23(26)2)37-32(39)24-11-5-4-6-12-24/h4-21H,3,22H2,1-2H3,(H,35,38)(H,36,40)(H,37,39)/b30-20-. The number of aryl methyl sites for hydroxylation is 1. The van der Waals surface area contributed by atoms with Crippen LogP contribution in [0.5, 0.6) is 0 Å². The molecule has 9 heteroatoms. The molecule has 0 heterocycles. The number of carbonyl (C=O) groups excluding carboxylic acids is 4. The number of thioether (sulfide) groups is 1. The summed E-state index contributed by atoms with van der Waals surface area (Å²) in [5, 5.41) is 8.41. The number of esters is 1. The summed E-state index contributed by atoms with van der Waals surface area (Å²) in [7, 11) is 0. The normalized spacial score (nSPS) is 10.9. The molecular weight excluding hydrogens is 562 g/mol. The van der Waals surface area contributed by atoms with Gasteiger partial charge in [-0.1, -0.05) is 48.5 Å². The molecule has 0 aliphatic heterocycles. The zero-order valence-corrected chi connectivity index (χ0v) is 24.6. The fraction of sp³-hybridized carbons (Fsp3) is 0.118. The van der Waals surface area contributed by atoms with Gasteiger partial charge in [-0.3, -0.25) is 14.4 Å². The Labute approximate surface area is 254 Å². The Morgan fingerprint density at radius 1 is 0.767 bits per heavy atom. The molecule has 0 spiro atoms. The molecule has 0 bridgehead atoms. The highest BCUT2D eigenvalue weighted by Gasteiger charge is 2.16. The highest BCUT2D eigenvalue weighted by atomic mass is 32.2. The molecule has 3 amide bonds. The number of hydrogen-bond acceptors (Lipinski definition) is 6. The summed E-state index contributed by atoms with van der Waals surface area (Å²) < 4.78 is 4.97. The van der Waals surface area contributed by atoms with Gasteiger partial charge in [-0.2, -0.15) is 0 Å². The maximum Gasteiger partial charge on any atom is 0.338 e. The monoisotopic (exact) mass is 593 g/mol. The van der Waals surface area contributed by atoms with Crippen LogP contribution >= 0.6 is 11.8 Å². The van der Waals surface area contributed by atoms with Crippen molar-refractivity contribution in [1.29, 1.82) is 0 Å². The number of nitrogens with one attached hydrogen (secondary N) is 3. The largest absolute Gasteiger partial charge is 0.462 e. The molecule has 0 aliphatic rings. The minimum atomic E-state index is -0.487. The smallest absolute Gasteiger partial charge is 0.338 e. The maximum atomic E-state index is 13.4. The molecule has 3 N–H and O–H groups in total. The van der Waals surface area contributed by atoms with Crippen LogP contribution in [0.3, 0.4) is 0 Å². The van der Waals surface area contributed by atoms with E-state index in [1.54, 1.807) is 79.7 Å². The van der Waals surface area contributed by atoms with Crippen LogP contribution in [0.1, 0.15) is 38.8 Å². The summed E-state index contributed by atoms with van der Waals surface area (Å²) in [6, 6.07) is 29.8. The Morgan fingerprint density at radius 3 is 2.21 bits per heavy atom. The van der Waals surface area contributed by atoms with E-state index in [0.29, 0.717) is 22.5 Å². The van der Waals surface area contributed by atoms with Crippen molar-refractivity contribution in [3.63, 3.8) is 0 Å². The highest BCUT2D eigenvalue weighted by Crippen LogP contribution is 2.23. The van der Waals surface area contributed by atoms with Crippen LogP contribution in [0.2, 0.25) is 0 Å². The van der Waals surface area contributed by atoms with Crippen molar-refractivity contribution < 1.29 is 23.9 Å². The van der Waals surface area contributed by atoms with E-state index in [-0.39, 0.29) is 24.0 Å². The van der Waals surface area contributed by atoms with E-state index in [0.717, 1.165) is 16.0 Å². The lowest BCUT2D eigenvalue weighted by Crippen LogP contribution is -2.30. The van der Waals surface area contributed by atoms with Crippen LogP contribution in [0.4, 0.5) is 11.4 Å². The predicted molar refractivity (Wildman–Crippen MR) is 170 cm³/mol. The lowest BCUT2D eigenvalue weighted by atomic mass is 10.1. The predicted octanol–water partition coefficient (Wildman–Crippen LogP) is 6.31. The van der Waals surface area contributed by atoms with Gasteiger partial charge >= 0.3 is 5.97 Å². The van der Waals surface area contributed by atoms with Crippen LogP contribution in [-0.2, 0) is 14.3 Å². The van der Waals surface area contributed by atoms with Gasteiger partial charge in [0.2, 0.25) is 5.91 Å². The Balaban J connectivity index is 1.40. The zero-order chi connectivity index (χ0) is 30.6. The first-order chi connectivity index (χ1) is 20.8. The second kappa shape index (κ2) is 15.2. The van der Waals surface area contributed by atoms with Gasteiger partial charge in [0.05, 0.1) is 17.9 Å². The molecule has 0 fully saturated rings. The van der Waals surface area contributed by atoms with Crippen LogP contribution in [-0.4, -0.2) is 36.1 Å². The average molecular weight is 594 g/mol. The number of benzene rings is 4. The Kier molecular flexibility index (Phi) is 10.9. The SMILES string of the molecule is CCOC(=O)c1ccc(NC(=O)CSc2cccc(NC(=O)/C(=C/c3ccccc3C)NC(=O)c3ccccc3)c2)cc1. The van der Waals surface area contributed by atoms with E-state index in [1.807, 2.05) is 43.3 Å². The summed E-state index contributed by atoms with van der Waals surface area (Å²) >= 11 is 1.30. The van der Waals surface area contributed by atoms with E-state index in [9.17, 15) is 19.2 Å². The number of rotatable bonds is 11. The quantitative estimate of drug-likeness (QED) is 0.107. The summed E-state index contributed by atoms with van der Waals surface area (Å²) in [4.78, 5) is 51.4. The van der Waals surface area contributed by atoms with Crippen molar-refractivity contribution in [1.82, 2.24) is 5.32 Å². The molecule has 4 rings (SSSR count). The van der Waals surface area contributed by atoms with Gasteiger partial charge in [0.25, 0.3) is 11.8 Å². The number of hydrogen-bond donors (Lipinski definition) is 3. The molecule has 43 heavy (non-hydrogen) atoms. The molecule has 0 atom stereocenters. The summed E-state index contributed by atoms with van der Waals surface area (Å²) in [6.45, 7) is 3.95. The van der Waals surface area contributed by atoms with Crippen LogP contribution in [0, 0.1) is 6.92 Å². The number of carbonyl (C=O) groups is 4. The van der Waals surface area contributed by atoms with Crippen molar-refractivity contribution in [2.45, 2.75) is 18.7 Å². The molecule has 4 aromatic carbocycles. The Hall–Kier alpha value is -5.15. The van der Waals surface area contributed by atoms with Crippen LogP contribution in [0.25, 0.3) is 6.08 Å². The van der Waals surface area contributed by atoms with Crippen molar-refractivity contribution >= 4 is 52.9 Å². The van der Waals surface area contributed by atoms with Gasteiger partial charge in [0, 0.05) is 21.8 Å². The Bertz CT molecular complexity index is 1640. The van der Waals surface area contributed by atoms with Gasteiger partial charge in [0.15, 0.2) is 0 Å². The van der Waals surface area contributed by atoms with Crippen LogP contribution < -0.4 is 16.0 Å². The van der Waals surface area contributed by atoms with Crippen molar-refractivity contribution in [2.24, 2.45) is 0 Å². The van der Waals surface area contributed by atoms with Gasteiger partial charge < -0.3 is 20.7 Å². The minimum absolute atomic E-state index is 0.0922. The third-order valence-electron chi connectivity index (χ3n) is 6.16. The molecule has 0 radical (unpaired) electrons. The molecule has 0 aromatic heterocycles. The number of amides is 3. The van der Waals surface area contributed by atoms with Gasteiger partial charge in [-0.25, -0.2) is 4.79 Å². The van der Waals surface area contributed by atoms with Crippen molar-refractivity contribution in [3.05, 3.63) is 131 Å². The molecule has 0 unspecified atom stereocenters. The van der Waals surface area contributed by atoms with E-state index in [2.05, 4.69) is 16.0 Å². The van der Waals surface area contributed by atoms with E-state index < -0.39 is 17.8 Å². The second-order valence-electron chi connectivity index (χ2n) is 9.35. The van der Waals surface area contributed by atoms with Gasteiger partial charge in [-0.15, -0.1) is 11.8 Å². The molecule has 0 saturated heterocycles. The third-order valence-corrected chi connectivity index (χ3v) is 7.15. The third kappa shape index (κ3) is 9.17. The second-order valence-corrected chi connectivity index (χ2v) is 10.4. The average Bonchev–Trinajstić information content (AvgIpc) is 3.02. The molecule has 8 nitrogen and oxygen atoms in total. The first-order valence-corrected chi connectivity index (χ1v) is 14.6. The van der Waals surface area contributed by atoms with Gasteiger partial charge in [-0.05, 0) is 85.6 Å². The molecule has 4 aromatic rings. The van der Waals surface area contributed by atoms with Crippen molar-refractivity contribution in [3.8, 4) is 0 Å². The maximum absolute atomic E-state index is 13.4. The molecule has 0 aliphatic carbocycles. The lowest BCUT2D eigenvalue weighted by Gasteiger charge is -2.13. The van der Waals surface area contributed by atoms with Crippen LogP contribution in [0.15, 0.2) is 114 Å². The van der Waals surface area contributed by atoms with Gasteiger partial charge in [0.1, 0.15) is 5.70 Å².